The second kappa shape index (κ2) is 18.4. The van der Waals surface area contributed by atoms with Crippen molar-refractivity contribution < 1.29 is 18.6 Å². The van der Waals surface area contributed by atoms with E-state index in [9.17, 15) is 14.9 Å². The molecule has 13 nitrogen and oxygen atoms in total. The van der Waals surface area contributed by atoms with E-state index >= 15 is 0 Å². The lowest BCUT2D eigenvalue weighted by molar-refractivity contribution is -0.146. The van der Waals surface area contributed by atoms with Crippen LogP contribution in [0, 0.1) is 17.2 Å². The molecule has 294 valence electrons. The molecule has 3 unspecified atom stereocenters. The Hall–Kier alpha value is -4.80. The van der Waals surface area contributed by atoms with Gasteiger partial charge in [-0.3, -0.25) is 29.4 Å². The second-order valence-electron chi connectivity index (χ2n) is 14.7. The number of carbonyl (C=O) groups excluding carboxylic acids is 1. The van der Waals surface area contributed by atoms with Crippen LogP contribution in [0.15, 0.2) is 102 Å². The third-order valence-electron chi connectivity index (χ3n) is 9.74. The number of benzene rings is 3. The van der Waals surface area contributed by atoms with Crippen molar-refractivity contribution in [2.75, 3.05) is 31.6 Å². The van der Waals surface area contributed by atoms with E-state index in [1.54, 1.807) is 24.7 Å². The fraction of sp³-hybridized carbons (Fsp3) is 0.405. The maximum atomic E-state index is 13.3. The molecular weight excluding hydrogens is 727 g/mol. The molecule has 3 atom stereocenters. The van der Waals surface area contributed by atoms with Gasteiger partial charge in [0.1, 0.15) is 6.23 Å². The Morgan fingerprint density at radius 3 is 2.04 bits per heavy atom. The van der Waals surface area contributed by atoms with Crippen molar-refractivity contribution in [2.45, 2.75) is 77.9 Å². The Morgan fingerprint density at radius 2 is 1.52 bits per heavy atom. The van der Waals surface area contributed by atoms with E-state index in [2.05, 4.69) is 131 Å². The van der Waals surface area contributed by atoms with Gasteiger partial charge in [-0.25, -0.2) is 9.65 Å². The third-order valence-corrected chi connectivity index (χ3v) is 11.8. The second-order valence-corrected chi connectivity index (χ2v) is 16.1. The molecule has 3 heterocycles. The Bertz CT molecular complexity index is 2030. The predicted octanol–water partition coefficient (Wildman–Crippen LogP) is 7.20. The van der Waals surface area contributed by atoms with Gasteiger partial charge in [0.25, 0.3) is 14.1 Å². The number of amides is 1. The molecule has 1 aliphatic rings. The van der Waals surface area contributed by atoms with Gasteiger partial charge in [0.05, 0.1) is 43.7 Å². The average molecular weight is 779 g/mol. The fourth-order valence-electron chi connectivity index (χ4n) is 7.34. The van der Waals surface area contributed by atoms with Crippen LogP contribution in [0.1, 0.15) is 70.9 Å². The lowest BCUT2D eigenvalue weighted by atomic mass is 9.75. The summed E-state index contributed by atoms with van der Waals surface area (Å²) >= 11 is 0. The zero-order valence-electron chi connectivity index (χ0n) is 32.8. The quantitative estimate of drug-likeness (QED) is 0.0598. The number of aromatic amines is 1. The smallest absolute Gasteiger partial charge is 0.280 e. The van der Waals surface area contributed by atoms with Gasteiger partial charge < -0.3 is 13.8 Å². The van der Waals surface area contributed by atoms with Crippen molar-refractivity contribution in [3.8, 4) is 6.07 Å². The number of hydrogen-bond donors (Lipinski definition) is 2. The molecule has 14 heteroatoms. The van der Waals surface area contributed by atoms with Crippen LogP contribution in [0.25, 0.3) is 11.2 Å². The van der Waals surface area contributed by atoms with Gasteiger partial charge in [-0.2, -0.15) is 10.2 Å². The van der Waals surface area contributed by atoms with Crippen LogP contribution >= 0.6 is 8.53 Å². The van der Waals surface area contributed by atoms with Crippen LogP contribution < -0.4 is 10.9 Å². The lowest BCUT2D eigenvalue weighted by Gasteiger charge is -2.50. The molecule has 1 saturated heterocycles. The van der Waals surface area contributed by atoms with Gasteiger partial charge in [0.2, 0.25) is 11.9 Å². The molecule has 0 saturated carbocycles. The van der Waals surface area contributed by atoms with Gasteiger partial charge in [0, 0.05) is 31.1 Å². The first kappa shape index (κ1) is 40.9. The maximum Gasteiger partial charge on any atom is 0.280 e. The first-order chi connectivity index (χ1) is 27.0. The van der Waals surface area contributed by atoms with E-state index in [1.807, 2.05) is 18.2 Å². The van der Waals surface area contributed by atoms with Crippen molar-refractivity contribution in [1.82, 2.24) is 29.1 Å². The maximum absolute atomic E-state index is 13.3. The monoisotopic (exact) mass is 778 g/mol. The van der Waals surface area contributed by atoms with Crippen LogP contribution in [-0.2, 0) is 24.1 Å². The molecule has 2 aromatic heterocycles. The lowest BCUT2D eigenvalue weighted by Crippen LogP contribution is -2.57. The number of hydrogen-bond acceptors (Lipinski definition) is 10. The SMILES string of the molecule is CC(C)C(=O)Nc1nc2c(ncn2C2CN(C(c3ccccc3)(c3ccccc3)c3ccccc3)CC(COP(OCCC#N)N(C(C)C)C(C)C)O2)c(=O)[nH]1. The average Bonchev–Trinajstić information content (AvgIpc) is 3.63. The normalized spacial score (nSPS) is 17.2. The number of morpholine rings is 1. The van der Waals surface area contributed by atoms with Gasteiger partial charge in [-0.15, -0.1) is 0 Å². The number of rotatable bonds is 16. The molecule has 0 bridgehead atoms. The number of nitrogens with one attached hydrogen (secondary N) is 2. The number of aromatic nitrogens is 4. The van der Waals surface area contributed by atoms with E-state index < -0.39 is 32.0 Å². The van der Waals surface area contributed by atoms with Gasteiger partial charge in [-0.05, 0) is 44.4 Å². The summed E-state index contributed by atoms with van der Waals surface area (Å²) < 4.78 is 23.9. The number of anilines is 1. The minimum atomic E-state index is -1.56. The van der Waals surface area contributed by atoms with E-state index in [1.165, 1.54) is 0 Å². The van der Waals surface area contributed by atoms with E-state index in [4.69, 9.17) is 18.8 Å². The first-order valence-corrected chi connectivity index (χ1v) is 20.2. The fourth-order valence-corrected chi connectivity index (χ4v) is 8.98. The number of nitrogens with zero attached hydrogens (tertiary/aromatic N) is 6. The Morgan fingerprint density at radius 1 is 0.946 bits per heavy atom. The van der Waals surface area contributed by atoms with Crippen LogP contribution in [-0.4, -0.2) is 79.5 Å². The molecule has 5 aromatic rings. The highest BCUT2D eigenvalue weighted by Gasteiger charge is 2.47. The molecule has 1 aliphatic heterocycles. The highest BCUT2D eigenvalue weighted by atomic mass is 31.2. The molecule has 1 amide bonds. The zero-order chi connectivity index (χ0) is 39.8. The third kappa shape index (κ3) is 8.76. The topological polar surface area (TPSA) is 151 Å². The van der Waals surface area contributed by atoms with E-state index in [-0.39, 0.29) is 60.7 Å². The zero-order valence-corrected chi connectivity index (χ0v) is 33.7. The Labute approximate surface area is 329 Å². The van der Waals surface area contributed by atoms with Crippen molar-refractivity contribution in [1.29, 1.82) is 5.26 Å². The molecule has 1 fully saturated rings. The van der Waals surface area contributed by atoms with Crippen LogP contribution in [0.2, 0.25) is 0 Å². The minimum absolute atomic E-state index is 0.0327. The van der Waals surface area contributed by atoms with Gasteiger partial charge in [-0.1, -0.05) is 105 Å². The Balaban J connectivity index is 1.49. The summed E-state index contributed by atoms with van der Waals surface area (Å²) in [6.07, 6.45) is 0.613. The number of ether oxygens (including phenoxy) is 1. The highest BCUT2D eigenvalue weighted by molar-refractivity contribution is 7.44. The summed E-state index contributed by atoms with van der Waals surface area (Å²) in [6, 6.07) is 33.7. The van der Waals surface area contributed by atoms with Crippen LogP contribution in [0.3, 0.4) is 0 Å². The standard InChI is InChI=1S/C42H51N8O5P/c1-29(2)39(51)46-41-45-38-37(40(52)47-41)44-28-49(38)36-26-48(25-35(55-36)27-54-56(53-24-16-23-43)50(30(3)4)31(5)6)42(32-17-10-7-11-18-32,33-19-12-8-13-20-33)34-21-14-9-15-22-34/h7-15,17-22,28-31,35-36H,16,24-27H2,1-6H3,(H2,45,46,47,51,52). The van der Waals surface area contributed by atoms with Gasteiger partial charge >= 0.3 is 0 Å². The Kier molecular flexibility index (Phi) is 13.4. The number of fused-ring (bicyclic) bond motifs is 1. The van der Waals surface area contributed by atoms with Crippen molar-refractivity contribution >= 4 is 31.5 Å². The van der Waals surface area contributed by atoms with Crippen LogP contribution in [0.5, 0.6) is 0 Å². The molecular formula is C42H51N8O5P. The summed E-state index contributed by atoms with van der Waals surface area (Å²) in [5, 5.41) is 12.0. The molecule has 0 radical (unpaired) electrons. The highest BCUT2D eigenvalue weighted by Crippen LogP contribution is 2.48. The molecule has 0 aliphatic carbocycles. The molecule has 2 N–H and O–H groups in total. The number of carbonyl (C=O) groups is 1. The number of H-pyrrole nitrogens is 1. The first-order valence-electron chi connectivity index (χ1n) is 19.1. The summed E-state index contributed by atoms with van der Waals surface area (Å²) in [5.41, 5.74) is 2.32. The minimum Gasteiger partial charge on any atom is -0.350 e. The van der Waals surface area contributed by atoms with Crippen molar-refractivity contribution in [2.24, 2.45) is 5.92 Å². The predicted molar refractivity (Wildman–Crippen MR) is 217 cm³/mol. The number of imidazole rings is 1. The molecule has 56 heavy (non-hydrogen) atoms. The summed E-state index contributed by atoms with van der Waals surface area (Å²) in [4.78, 5) is 40.2. The van der Waals surface area contributed by atoms with Gasteiger partial charge in [0.15, 0.2) is 11.2 Å². The molecule has 3 aromatic carbocycles. The summed E-state index contributed by atoms with van der Waals surface area (Å²) in [5.74, 6) is -0.569. The summed E-state index contributed by atoms with van der Waals surface area (Å²) in [7, 11) is -1.56. The molecule has 6 rings (SSSR count). The van der Waals surface area contributed by atoms with E-state index in [0.717, 1.165) is 16.7 Å². The summed E-state index contributed by atoms with van der Waals surface area (Å²) in [6.45, 7) is 13.2. The van der Waals surface area contributed by atoms with Crippen LogP contribution in [0.4, 0.5) is 5.95 Å². The number of nitriles is 1. The van der Waals surface area contributed by atoms with E-state index in [0.29, 0.717) is 13.1 Å². The van der Waals surface area contributed by atoms with Crippen molar-refractivity contribution in [3.05, 3.63) is 124 Å². The van der Waals surface area contributed by atoms with Crippen molar-refractivity contribution in [3.63, 3.8) is 0 Å². The largest absolute Gasteiger partial charge is 0.350 e. The molecule has 0 spiro atoms.